The average Bonchev–Trinajstić information content (AvgIpc) is 2.68. The zero-order valence-corrected chi connectivity index (χ0v) is 18.2. The second kappa shape index (κ2) is 12.1. The molecule has 2 N–H and O–H groups in total. The van der Waals surface area contributed by atoms with E-state index in [2.05, 4.69) is 0 Å². The van der Waals surface area contributed by atoms with Crippen molar-refractivity contribution in [2.24, 2.45) is 0 Å². The number of esters is 2. The van der Waals surface area contributed by atoms with E-state index in [9.17, 15) is 19.8 Å². The van der Waals surface area contributed by atoms with Crippen LogP contribution in [0.4, 0.5) is 0 Å². The van der Waals surface area contributed by atoms with Gasteiger partial charge in [0.05, 0.1) is 10.0 Å². The molecule has 0 unspecified atom stereocenters. The lowest BCUT2D eigenvalue weighted by Gasteiger charge is -2.07. The van der Waals surface area contributed by atoms with Gasteiger partial charge in [0.25, 0.3) is 0 Å². The molecule has 0 aliphatic heterocycles. The largest absolute Gasteiger partial charge is 0.506 e. The van der Waals surface area contributed by atoms with Crippen LogP contribution in [-0.2, 0) is 19.1 Å². The molecule has 2 aromatic carbocycles. The van der Waals surface area contributed by atoms with Crippen LogP contribution in [-0.4, -0.2) is 46.9 Å². The van der Waals surface area contributed by atoms with E-state index >= 15 is 0 Å². The highest BCUT2D eigenvalue weighted by Gasteiger charge is 2.12. The van der Waals surface area contributed by atoms with E-state index in [1.165, 1.54) is 35.7 Å². The fourth-order valence-corrected chi connectivity index (χ4v) is 4.03. The molecule has 0 spiro atoms. The van der Waals surface area contributed by atoms with Crippen LogP contribution in [0.15, 0.2) is 46.2 Å². The fourth-order valence-electron chi connectivity index (χ4n) is 2.00. The Morgan fingerprint density at radius 2 is 1.21 bits per heavy atom. The van der Waals surface area contributed by atoms with Gasteiger partial charge in [-0.1, -0.05) is 23.2 Å². The quantitative estimate of drug-likeness (QED) is 0.219. The van der Waals surface area contributed by atoms with Gasteiger partial charge in [0.15, 0.2) is 0 Å². The maximum absolute atomic E-state index is 11.7. The number of ether oxygens (including phenoxy) is 2. The summed E-state index contributed by atoms with van der Waals surface area (Å²) in [6.45, 7) is 0.263. The van der Waals surface area contributed by atoms with E-state index in [0.29, 0.717) is 11.5 Å². The van der Waals surface area contributed by atoms with Gasteiger partial charge in [-0.25, -0.2) is 0 Å². The van der Waals surface area contributed by atoms with Gasteiger partial charge < -0.3 is 19.7 Å². The molecule has 156 valence electrons. The predicted octanol–water partition coefficient (Wildman–Crippen LogP) is 4.77. The highest BCUT2D eigenvalue weighted by molar-refractivity contribution is 7.99. The lowest BCUT2D eigenvalue weighted by molar-refractivity contribution is -0.153. The Bertz CT molecular complexity index is 793. The first kappa shape index (κ1) is 23.5. The number of halogens is 2. The number of carbonyl (C=O) groups is 2. The van der Waals surface area contributed by atoms with Crippen LogP contribution in [0.2, 0.25) is 10.0 Å². The summed E-state index contributed by atoms with van der Waals surface area (Å²) in [7, 11) is 0. The number of hydrogen-bond donors (Lipinski definition) is 2. The monoisotopic (exact) mass is 476 g/mol. The maximum Gasteiger partial charge on any atom is 0.317 e. The minimum Gasteiger partial charge on any atom is -0.506 e. The zero-order valence-electron chi connectivity index (χ0n) is 15.1. The van der Waals surface area contributed by atoms with Crippen molar-refractivity contribution in [3.05, 3.63) is 46.4 Å². The Balaban J connectivity index is 1.56. The number of rotatable bonds is 10. The van der Waals surface area contributed by atoms with Crippen LogP contribution >= 0.6 is 46.7 Å². The van der Waals surface area contributed by atoms with Crippen LogP contribution in [0.5, 0.6) is 11.5 Å². The molecule has 0 amide bonds. The molecule has 0 saturated carbocycles. The minimum absolute atomic E-state index is 0.00576. The van der Waals surface area contributed by atoms with Crippen molar-refractivity contribution in [1.29, 1.82) is 0 Å². The third-order valence-corrected chi connectivity index (χ3v) is 5.88. The Labute approximate surface area is 186 Å². The van der Waals surface area contributed by atoms with Gasteiger partial charge in [0.2, 0.25) is 0 Å². The summed E-state index contributed by atoms with van der Waals surface area (Å²) in [5, 5.41) is 19.2. The molecule has 0 bridgehead atoms. The molecule has 10 heteroatoms. The number of hydrogen-bond acceptors (Lipinski definition) is 8. The highest BCUT2D eigenvalue weighted by Crippen LogP contribution is 2.29. The van der Waals surface area contributed by atoms with Crippen LogP contribution in [0, 0.1) is 0 Å². The molecule has 2 aromatic rings. The molecule has 0 aliphatic rings. The molecule has 2 rings (SSSR count). The Kier molecular flexibility index (Phi) is 9.80. The smallest absolute Gasteiger partial charge is 0.317 e. The van der Waals surface area contributed by atoms with Crippen molar-refractivity contribution in [3.8, 4) is 11.5 Å². The summed E-state index contributed by atoms with van der Waals surface area (Å²) < 4.78 is 10.0. The Morgan fingerprint density at radius 1 is 0.793 bits per heavy atom. The number of benzene rings is 2. The molecule has 29 heavy (non-hydrogen) atoms. The van der Waals surface area contributed by atoms with E-state index in [0.717, 1.165) is 9.79 Å². The van der Waals surface area contributed by atoms with Crippen molar-refractivity contribution in [2.45, 2.75) is 16.2 Å². The van der Waals surface area contributed by atoms with Crippen molar-refractivity contribution < 1.29 is 29.3 Å². The van der Waals surface area contributed by atoms with E-state index in [4.69, 9.17) is 32.7 Å². The first-order chi connectivity index (χ1) is 13.8. The molecular formula is C19H18Cl2O6S2. The molecule has 0 fully saturated rings. The second-order valence-electron chi connectivity index (χ2n) is 5.54. The molecule has 0 aliphatic carbocycles. The van der Waals surface area contributed by atoms with Crippen molar-refractivity contribution in [2.75, 3.05) is 24.7 Å². The van der Waals surface area contributed by atoms with Gasteiger partial charge in [0, 0.05) is 21.3 Å². The Morgan fingerprint density at radius 3 is 1.59 bits per heavy atom. The van der Waals surface area contributed by atoms with Crippen molar-refractivity contribution >= 4 is 58.7 Å². The first-order valence-electron chi connectivity index (χ1n) is 8.39. The van der Waals surface area contributed by atoms with Gasteiger partial charge in [-0.15, -0.1) is 23.5 Å². The molecule has 0 saturated heterocycles. The van der Waals surface area contributed by atoms with Crippen LogP contribution in [0.25, 0.3) is 0 Å². The fraction of sp³-hybridized carbons (Fsp3) is 0.263. The van der Waals surface area contributed by atoms with E-state index < -0.39 is 18.4 Å². The third kappa shape index (κ3) is 8.65. The second-order valence-corrected chi connectivity index (χ2v) is 8.69. The summed E-state index contributed by atoms with van der Waals surface area (Å²) in [5.74, 6) is -0.339. The summed E-state index contributed by atoms with van der Waals surface area (Å²) in [6.07, 6.45) is -0.453. The third-order valence-electron chi connectivity index (χ3n) is 3.36. The van der Waals surface area contributed by atoms with Gasteiger partial charge in [-0.2, -0.15) is 0 Å². The van der Waals surface area contributed by atoms with Crippen LogP contribution in [0.1, 0.15) is 6.42 Å². The number of phenols is 2. The number of carbonyl (C=O) groups excluding carboxylic acids is 2. The number of phenolic OH excluding ortho intramolecular Hbond substituents is 2. The van der Waals surface area contributed by atoms with Crippen LogP contribution < -0.4 is 0 Å². The highest BCUT2D eigenvalue weighted by atomic mass is 35.5. The van der Waals surface area contributed by atoms with Gasteiger partial charge in [0.1, 0.15) is 31.1 Å². The summed E-state index contributed by atoms with van der Waals surface area (Å²) in [5.41, 5.74) is 0. The lowest BCUT2D eigenvalue weighted by atomic mass is 10.3. The van der Waals surface area contributed by atoms with Crippen molar-refractivity contribution in [3.63, 3.8) is 0 Å². The number of aromatic hydroxyl groups is 2. The van der Waals surface area contributed by atoms with Gasteiger partial charge in [-0.05, 0) is 36.4 Å². The lowest BCUT2D eigenvalue weighted by Crippen LogP contribution is -2.16. The predicted molar refractivity (Wildman–Crippen MR) is 114 cm³/mol. The maximum atomic E-state index is 11.7. The standard InChI is InChI=1S/C19H18Cl2O6S2/c20-14-9-12(1-3-16(14)22)28-7-5-26-18(24)11-19(25)27-6-8-29-13-2-4-17(23)15(21)10-13/h1-4,9-10,22-23H,5-8,11H2. The molecule has 0 atom stereocenters. The Hall–Kier alpha value is -1.74. The van der Waals surface area contributed by atoms with Gasteiger partial charge in [-0.3, -0.25) is 9.59 Å². The molecule has 0 heterocycles. The molecule has 6 nitrogen and oxygen atoms in total. The SMILES string of the molecule is O=C(CC(=O)OCCSc1ccc(O)c(Cl)c1)OCCSc1ccc(O)c(Cl)c1. The molecule has 0 radical (unpaired) electrons. The number of thioether (sulfide) groups is 2. The van der Waals surface area contributed by atoms with E-state index in [1.54, 1.807) is 24.3 Å². The minimum atomic E-state index is -0.655. The summed E-state index contributed by atoms with van der Waals surface area (Å²) in [4.78, 5) is 25.0. The average molecular weight is 477 g/mol. The molecular weight excluding hydrogens is 459 g/mol. The topological polar surface area (TPSA) is 93.1 Å². The van der Waals surface area contributed by atoms with E-state index in [-0.39, 0.29) is 34.8 Å². The summed E-state index contributed by atoms with van der Waals surface area (Å²) >= 11 is 14.4. The first-order valence-corrected chi connectivity index (χ1v) is 11.1. The van der Waals surface area contributed by atoms with E-state index in [1.807, 2.05) is 0 Å². The molecule has 0 aromatic heterocycles. The van der Waals surface area contributed by atoms with Crippen molar-refractivity contribution in [1.82, 2.24) is 0 Å². The normalized spacial score (nSPS) is 10.6. The zero-order chi connectivity index (χ0) is 21.2. The van der Waals surface area contributed by atoms with Gasteiger partial charge >= 0.3 is 11.9 Å². The van der Waals surface area contributed by atoms with Crippen LogP contribution in [0.3, 0.4) is 0 Å². The summed E-state index contributed by atoms with van der Waals surface area (Å²) in [6, 6.07) is 9.61.